The molecule has 0 atom stereocenters. The molecule has 0 radical (unpaired) electrons. The molecule has 0 bridgehead atoms. The van der Waals surface area contributed by atoms with Gasteiger partial charge in [-0.1, -0.05) is 0 Å². The second-order valence-electron chi connectivity index (χ2n) is 3.56. The Balaban J connectivity index is 2.06. The van der Waals surface area contributed by atoms with Crippen LogP contribution in [0.4, 0.5) is 0 Å². The maximum atomic E-state index is 11.0. The highest BCUT2D eigenvalue weighted by Crippen LogP contribution is 2.12. The van der Waals surface area contributed by atoms with Crippen molar-refractivity contribution >= 4 is 5.97 Å². The van der Waals surface area contributed by atoms with Gasteiger partial charge < -0.3 is 14.6 Å². The van der Waals surface area contributed by atoms with Crippen LogP contribution in [0, 0.1) is 0 Å². The number of aliphatic carboxylic acids is 1. The van der Waals surface area contributed by atoms with Gasteiger partial charge in [-0.25, -0.2) is 4.79 Å². The van der Waals surface area contributed by atoms with Crippen LogP contribution in [0.3, 0.4) is 0 Å². The molecule has 0 saturated heterocycles. The molecular formula is C10H12N4O4. The zero-order valence-electron chi connectivity index (χ0n) is 9.85. The molecule has 0 unspecified atom stereocenters. The number of carboxylic acids is 1. The normalized spacial score (nSPS) is 10.6. The zero-order valence-corrected chi connectivity index (χ0v) is 9.85. The molecule has 2 heterocycles. The average molecular weight is 252 g/mol. The molecule has 8 nitrogen and oxygen atoms in total. The summed E-state index contributed by atoms with van der Waals surface area (Å²) in [6, 6.07) is 3.08. The Kier molecular flexibility index (Phi) is 3.18. The van der Waals surface area contributed by atoms with Gasteiger partial charge in [0.2, 0.25) is 11.8 Å². The number of aromatic nitrogens is 4. The number of carbonyl (C=O) groups is 1. The first-order valence-electron chi connectivity index (χ1n) is 5.10. The number of hydrogen-bond donors (Lipinski definition) is 1. The maximum Gasteiger partial charge on any atom is 0.387 e. The Morgan fingerprint density at radius 2 is 1.61 bits per heavy atom. The van der Waals surface area contributed by atoms with E-state index < -0.39 is 12.3 Å². The van der Waals surface area contributed by atoms with Crippen LogP contribution in [0.1, 0.15) is 0 Å². The summed E-state index contributed by atoms with van der Waals surface area (Å²) in [6.07, 6.45) is 1.78. The summed E-state index contributed by atoms with van der Waals surface area (Å²) in [5.74, 6) is -0.923. The zero-order chi connectivity index (χ0) is 13.1. The van der Waals surface area contributed by atoms with E-state index in [9.17, 15) is 4.79 Å². The number of hydrogen-bond acceptors (Lipinski definition) is 5. The van der Waals surface area contributed by atoms with Gasteiger partial charge >= 0.3 is 12.3 Å². The van der Waals surface area contributed by atoms with Crippen LogP contribution in [0.15, 0.2) is 24.5 Å². The van der Waals surface area contributed by atoms with E-state index in [4.69, 9.17) is 14.6 Å². The minimum atomic E-state index is -1.49. The number of rotatable bonds is 5. The lowest BCUT2D eigenvalue weighted by Crippen LogP contribution is -2.33. The number of nitrogens with zero attached hydrogens (tertiary/aromatic N) is 4. The molecular weight excluding hydrogens is 240 g/mol. The first kappa shape index (κ1) is 12.0. The van der Waals surface area contributed by atoms with Gasteiger partial charge in [-0.15, -0.1) is 10.2 Å². The molecule has 8 heteroatoms. The molecule has 0 saturated carbocycles. The van der Waals surface area contributed by atoms with E-state index in [1.807, 2.05) is 0 Å². The standard InChI is InChI=1S/C10H12N4O4/c1-13-5-3-7(11-13)17-10(9(15)16)18-8-4-6-14(2)12-8/h3-6,10H,1-2H3,(H,15,16). The first-order valence-corrected chi connectivity index (χ1v) is 5.10. The van der Waals surface area contributed by atoms with Gasteiger partial charge in [0.1, 0.15) is 0 Å². The Labute approximate surface area is 102 Å². The first-order chi connectivity index (χ1) is 8.54. The molecule has 0 aliphatic heterocycles. The topological polar surface area (TPSA) is 91.4 Å². The molecule has 0 fully saturated rings. The summed E-state index contributed by atoms with van der Waals surface area (Å²) >= 11 is 0. The van der Waals surface area contributed by atoms with Gasteiger partial charge in [-0.2, -0.15) is 0 Å². The van der Waals surface area contributed by atoms with Crippen LogP contribution in [0.25, 0.3) is 0 Å². The van der Waals surface area contributed by atoms with E-state index in [1.54, 1.807) is 26.5 Å². The molecule has 2 aromatic heterocycles. The number of aryl methyl sites for hydroxylation is 2. The highest BCUT2D eigenvalue weighted by molar-refractivity contribution is 5.71. The summed E-state index contributed by atoms with van der Waals surface area (Å²) in [5.41, 5.74) is 0. The van der Waals surface area contributed by atoms with Crippen molar-refractivity contribution in [1.82, 2.24) is 19.6 Å². The quantitative estimate of drug-likeness (QED) is 0.754. The van der Waals surface area contributed by atoms with Gasteiger partial charge in [0.25, 0.3) is 0 Å². The van der Waals surface area contributed by atoms with Crippen molar-refractivity contribution in [3.63, 3.8) is 0 Å². The summed E-state index contributed by atoms with van der Waals surface area (Å²) in [7, 11) is 3.39. The Hall–Kier alpha value is -2.51. The minimum absolute atomic E-state index is 0.167. The smallest absolute Gasteiger partial charge is 0.387 e. The molecule has 96 valence electrons. The summed E-state index contributed by atoms with van der Waals surface area (Å²) < 4.78 is 13.2. The Bertz CT molecular complexity index is 505. The van der Waals surface area contributed by atoms with Crippen LogP contribution >= 0.6 is 0 Å². The van der Waals surface area contributed by atoms with Gasteiger partial charge in [-0.3, -0.25) is 9.36 Å². The Morgan fingerprint density at radius 3 is 1.89 bits per heavy atom. The third-order valence-corrected chi connectivity index (χ3v) is 2.04. The fourth-order valence-electron chi connectivity index (χ4n) is 1.26. The monoisotopic (exact) mass is 252 g/mol. The minimum Gasteiger partial charge on any atom is -0.476 e. The van der Waals surface area contributed by atoms with Gasteiger partial charge in [0.15, 0.2) is 0 Å². The molecule has 0 aliphatic carbocycles. The second kappa shape index (κ2) is 4.78. The molecule has 18 heavy (non-hydrogen) atoms. The third kappa shape index (κ3) is 2.78. The van der Waals surface area contributed by atoms with Crippen LogP contribution in [0.2, 0.25) is 0 Å². The summed E-state index contributed by atoms with van der Waals surface area (Å²) in [6.45, 7) is 0. The van der Waals surface area contributed by atoms with Gasteiger partial charge in [-0.05, 0) is 0 Å². The lowest BCUT2D eigenvalue weighted by Gasteiger charge is -2.12. The van der Waals surface area contributed by atoms with E-state index in [0.717, 1.165) is 0 Å². The van der Waals surface area contributed by atoms with Crippen molar-refractivity contribution in [1.29, 1.82) is 0 Å². The molecule has 0 spiro atoms. The highest BCUT2D eigenvalue weighted by atomic mass is 16.7. The average Bonchev–Trinajstić information content (AvgIpc) is 2.87. The molecule has 0 amide bonds. The van der Waals surface area contributed by atoms with Crippen LogP contribution in [-0.4, -0.2) is 36.9 Å². The molecule has 0 aliphatic rings. The largest absolute Gasteiger partial charge is 0.476 e. The second-order valence-corrected chi connectivity index (χ2v) is 3.56. The Morgan fingerprint density at radius 1 is 1.17 bits per heavy atom. The number of carboxylic acid groups (broad SMARTS) is 1. The van der Waals surface area contributed by atoms with Crippen LogP contribution in [-0.2, 0) is 18.9 Å². The molecule has 0 aromatic carbocycles. The lowest BCUT2D eigenvalue weighted by atomic mass is 10.6. The maximum absolute atomic E-state index is 11.0. The third-order valence-electron chi connectivity index (χ3n) is 2.04. The SMILES string of the molecule is Cn1ccc(OC(Oc2ccn(C)n2)C(=O)O)n1. The van der Waals surface area contributed by atoms with Gasteiger partial charge in [0.05, 0.1) is 0 Å². The predicted molar refractivity (Wildman–Crippen MR) is 59.1 cm³/mol. The molecule has 1 N–H and O–H groups in total. The predicted octanol–water partition coefficient (Wildman–Crippen LogP) is 0.0221. The summed E-state index contributed by atoms with van der Waals surface area (Å²) in [5, 5.41) is 16.8. The molecule has 2 rings (SSSR count). The van der Waals surface area contributed by atoms with Crippen LogP contribution in [0.5, 0.6) is 11.8 Å². The number of ether oxygens (including phenoxy) is 2. The molecule has 2 aromatic rings. The van der Waals surface area contributed by atoms with E-state index in [2.05, 4.69) is 10.2 Å². The van der Waals surface area contributed by atoms with E-state index in [0.29, 0.717) is 0 Å². The van der Waals surface area contributed by atoms with Crippen molar-refractivity contribution in [3.05, 3.63) is 24.5 Å². The van der Waals surface area contributed by atoms with Crippen molar-refractivity contribution < 1.29 is 19.4 Å². The van der Waals surface area contributed by atoms with E-state index in [1.165, 1.54) is 21.5 Å². The summed E-state index contributed by atoms with van der Waals surface area (Å²) in [4.78, 5) is 11.0. The van der Waals surface area contributed by atoms with E-state index in [-0.39, 0.29) is 11.8 Å². The van der Waals surface area contributed by atoms with Crippen LogP contribution < -0.4 is 9.47 Å². The van der Waals surface area contributed by atoms with Crippen molar-refractivity contribution in [2.24, 2.45) is 14.1 Å². The fraction of sp³-hybridized carbons (Fsp3) is 0.300. The fourth-order valence-corrected chi connectivity index (χ4v) is 1.26. The van der Waals surface area contributed by atoms with E-state index >= 15 is 0 Å². The lowest BCUT2D eigenvalue weighted by molar-refractivity contribution is -0.159. The van der Waals surface area contributed by atoms with Crippen molar-refractivity contribution in [2.75, 3.05) is 0 Å². The van der Waals surface area contributed by atoms with Crippen molar-refractivity contribution in [2.45, 2.75) is 6.29 Å². The van der Waals surface area contributed by atoms with Gasteiger partial charge in [0, 0.05) is 38.6 Å². The van der Waals surface area contributed by atoms with Crippen molar-refractivity contribution in [3.8, 4) is 11.8 Å². The highest BCUT2D eigenvalue weighted by Gasteiger charge is 2.23.